The monoisotopic (exact) mass is 376 g/mol. The van der Waals surface area contributed by atoms with E-state index < -0.39 is 0 Å². The van der Waals surface area contributed by atoms with E-state index in [1.807, 2.05) is 52.9 Å². The Morgan fingerprint density at radius 3 is 2.67 bits per heavy atom. The smallest absolute Gasteiger partial charge is 0.225 e. The molecule has 136 valence electrons. The fourth-order valence-corrected chi connectivity index (χ4v) is 3.88. The number of carbonyl (C=O) groups excluding carboxylic acids is 1. The Hall–Kier alpha value is -2.86. The number of nitrogens with zero attached hydrogens (tertiary/aromatic N) is 3. The van der Waals surface area contributed by atoms with Gasteiger partial charge < -0.3 is 5.32 Å². The lowest BCUT2D eigenvalue weighted by molar-refractivity contribution is -0.115. The van der Waals surface area contributed by atoms with E-state index in [2.05, 4.69) is 34.6 Å². The van der Waals surface area contributed by atoms with Crippen LogP contribution in [0.5, 0.6) is 0 Å². The SMILES string of the molecule is CCc1ccc(NC(=O)CCSc2nnc3ccc4ccccc4n23)cc1. The number of aromatic nitrogens is 3. The highest BCUT2D eigenvalue weighted by Gasteiger charge is 2.10. The molecule has 6 heteroatoms. The number of aryl methyl sites for hydroxylation is 1. The van der Waals surface area contributed by atoms with E-state index in [9.17, 15) is 4.79 Å². The fraction of sp³-hybridized carbons (Fsp3) is 0.190. The number of carbonyl (C=O) groups is 1. The largest absolute Gasteiger partial charge is 0.326 e. The van der Waals surface area contributed by atoms with Crippen LogP contribution in [0.25, 0.3) is 16.6 Å². The van der Waals surface area contributed by atoms with Crippen molar-refractivity contribution in [1.29, 1.82) is 0 Å². The van der Waals surface area contributed by atoms with E-state index in [1.54, 1.807) is 11.8 Å². The minimum absolute atomic E-state index is 0.00503. The van der Waals surface area contributed by atoms with Gasteiger partial charge in [-0.3, -0.25) is 9.20 Å². The van der Waals surface area contributed by atoms with Crippen molar-refractivity contribution in [3.63, 3.8) is 0 Å². The molecule has 2 aromatic heterocycles. The molecule has 1 amide bonds. The maximum atomic E-state index is 12.2. The van der Waals surface area contributed by atoms with Gasteiger partial charge >= 0.3 is 0 Å². The summed E-state index contributed by atoms with van der Waals surface area (Å²) in [6.07, 6.45) is 1.41. The van der Waals surface area contributed by atoms with Gasteiger partial charge in [0.15, 0.2) is 10.8 Å². The summed E-state index contributed by atoms with van der Waals surface area (Å²) >= 11 is 1.54. The molecule has 0 saturated heterocycles. The lowest BCUT2D eigenvalue weighted by Crippen LogP contribution is -2.12. The number of pyridine rings is 1. The predicted octanol–water partition coefficient (Wildman–Crippen LogP) is 4.57. The third kappa shape index (κ3) is 3.80. The van der Waals surface area contributed by atoms with Crippen LogP contribution in [0.4, 0.5) is 5.69 Å². The maximum Gasteiger partial charge on any atom is 0.225 e. The maximum absolute atomic E-state index is 12.2. The Balaban J connectivity index is 1.41. The van der Waals surface area contributed by atoms with Gasteiger partial charge in [-0.2, -0.15) is 0 Å². The van der Waals surface area contributed by atoms with E-state index in [4.69, 9.17) is 0 Å². The summed E-state index contributed by atoms with van der Waals surface area (Å²) in [5.74, 6) is 0.647. The van der Waals surface area contributed by atoms with E-state index in [0.29, 0.717) is 12.2 Å². The minimum Gasteiger partial charge on any atom is -0.326 e. The number of hydrogen-bond acceptors (Lipinski definition) is 4. The van der Waals surface area contributed by atoms with Crippen molar-refractivity contribution in [2.75, 3.05) is 11.1 Å². The molecule has 5 nitrogen and oxygen atoms in total. The van der Waals surface area contributed by atoms with Crippen LogP contribution in [0.3, 0.4) is 0 Å². The number of thioether (sulfide) groups is 1. The predicted molar refractivity (Wildman–Crippen MR) is 110 cm³/mol. The zero-order valence-corrected chi connectivity index (χ0v) is 15.9. The van der Waals surface area contributed by atoms with Crippen LogP contribution in [-0.2, 0) is 11.2 Å². The van der Waals surface area contributed by atoms with Crippen LogP contribution in [0, 0.1) is 0 Å². The minimum atomic E-state index is 0.00503. The number of benzene rings is 2. The number of amides is 1. The lowest BCUT2D eigenvalue weighted by Gasteiger charge is -2.06. The fourth-order valence-electron chi connectivity index (χ4n) is 2.99. The third-order valence-electron chi connectivity index (χ3n) is 4.45. The van der Waals surface area contributed by atoms with Gasteiger partial charge in [0.2, 0.25) is 5.91 Å². The molecule has 1 N–H and O–H groups in total. The van der Waals surface area contributed by atoms with Crippen LogP contribution >= 0.6 is 11.8 Å². The van der Waals surface area contributed by atoms with Crippen molar-refractivity contribution in [3.05, 3.63) is 66.2 Å². The van der Waals surface area contributed by atoms with Gasteiger partial charge in [-0.05, 0) is 47.7 Å². The molecule has 2 heterocycles. The van der Waals surface area contributed by atoms with E-state index in [1.165, 1.54) is 5.56 Å². The van der Waals surface area contributed by atoms with Crippen molar-refractivity contribution < 1.29 is 4.79 Å². The van der Waals surface area contributed by atoms with Gasteiger partial charge in [0, 0.05) is 17.9 Å². The molecule has 0 fully saturated rings. The van der Waals surface area contributed by atoms with Gasteiger partial charge in [-0.15, -0.1) is 10.2 Å². The Kier molecular flexibility index (Phi) is 5.07. The molecular formula is C21H20N4OS. The van der Waals surface area contributed by atoms with Crippen molar-refractivity contribution in [2.24, 2.45) is 0 Å². The Bertz CT molecular complexity index is 1090. The van der Waals surface area contributed by atoms with Crippen LogP contribution in [0.1, 0.15) is 18.9 Å². The highest BCUT2D eigenvalue weighted by molar-refractivity contribution is 7.99. The quantitative estimate of drug-likeness (QED) is 0.501. The van der Waals surface area contributed by atoms with Gasteiger partial charge in [-0.25, -0.2) is 0 Å². The number of rotatable bonds is 6. The number of para-hydroxylation sites is 1. The first kappa shape index (κ1) is 17.5. The Morgan fingerprint density at radius 1 is 1.04 bits per heavy atom. The normalized spacial score (nSPS) is 11.1. The molecule has 0 bridgehead atoms. The van der Waals surface area contributed by atoms with Crippen LogP contribution in [0.2, 0.25) is 0 Å². The molecule has 0 aliphatic rings. The Morgan fingerprint density at radius 2 is 1.85 bits per heavy atom. The summed E-state index contributed by atoms with van der Waals surface area (Å²) < 4.78 is 2.04. The first-order valence-corrected chi connectivity index (χ1v) is 9.97. The average Bonchev–Trinajstić information content (AvgIpc) is 3.12. The zero-order valence-electron chi connectivity index (χ0n) is 15.1. The van der Waals surface area contributed by atoms with Crippen molar-refractivity contribution in [1.82, 2.24) is 14.6 Å². The number of nitrogens with one attached hydrogen (secondary N) is 1. The second-order valence-electron chi connectivity index (χ2n) is 6.27. The molecule has 0 saturated carbocycles. The van der Waals surface area contributed by atoms with E-state index in [-0.39, 0.29) is 5.91 Å². The van der Waals surface area contributed by atoms with Crippen molar-refractivity contribution in [2.45, 2.75) is 24.9 Å². The van der Waals surface area contributed by atoms with Gasteiger partial charge in [0.05, 0.1) is 5.52 Å². The first-order chi connectivity index (χ1) is 13.2. The molecule has 4 aromatic rings. The molecule has 27 heavy (non-hydrogen) atoms. The average molecular weight is 376 g/mol. The zero-order chi connectivity index (χ0) is 18.6. The number of anilines is 1. The highest BCUT2D eigenvalue weighted by atomic mass is 32.2. The number of fused-ring (bicyclic) bond motifs is 3. The second-order valence-corrected chi connectivity index (χ2v) is 7.33. The molecule has 0 radical (unpaired) electrons. The van der Waals surface area contributed by atoms with E-state index in [0.717, 1.165) is 33.8 Å². The summed E-state index contributed by atoms with van der Waals surface area (Å²) in [4.78, 5) is 12.2. The summed E-state index contributed by atoms with van der Waals surface area (Å²) in [5, 5.41) is 13.4. The lowest BCUT2D eigenvalue weighted by atomic mass is 10.1. The summed E-state index contributed by atoms with van der Waals surface area (Å²) in [6, 6.07) is 20.1. The van der Waals surface area contributed by atoms with Gasteiger partial charge in [-0.1, -0.05) is 49.0 Å². The second kappa shape index (κ2) is 7.80. The number of hydrogen-bond donors (Lipinski definition) is 1. The summed E-state index contributed by atoms with van der Waals surface area (Å²) in [7, 11) is 0. The summed E-state index contributed by atoms with van der Waals surface area (Å²) in [5.41, 5.74) is 3.98. The molecule has 2 aromatic carbocycles. The highest BCUT2D eigenvalue weighted by Crippen LogP contribution is 2.23. The van der Waals surface area contributed by atoms with E-state index >= 15 is 0 Å². The molecule has 0 spiro atoms. The topological polar surface area (TPSA) is 59.3 Å². The van der Waals surface area contributed by atoms with Crippen molar-refractivity contribution >= 4 is 39.9 Å². The standard InChI is InChI=1S/C21H20N4OS/c1-2-15-7-10-17(11-8-15)22-20(26)13-14-27-21-24-23-19-12-9-16-5-3-4-6-18(16)25(19)21/h3-12H,2,13-14H2,1H3,(H,22,26). The van der Waals surface area contributed by atoms with Gasteiger partial charge in [0.25, 0.3) is 0 Å². The molecule has 0 atom stereocenters. The molecular weight excluding hydrogens is 356 g/mol. The van der Waals surface area contributed by atoms with Crippen LogP contribution in [0.15, 0.2) is 65.8 Å². The summed E-state index contributed by atoms with van der Waals surface area (Å²) in [6.45, 7) is 2.11. The molecule has 0 aliphatic heterocycles. The Labute approximate surface area is 161 Å². The van der Waals surface area contributed by atoms with Crippen molar-refractivity contribution in [3.8, 4) is 0 Å². The van der Waals surface area contributed by atoms with Crippen LogP contribution in [-0.4, -0.2) is 26.3 Å². The van der Waals surface area contributed by atoms with Gasteiger partial charge in [0.1, 0.15) is 0 Å². The molecule has 4 rings (SSSR count). The first-order valence-electron chi connectivity index (χ1n) is 8.99. The molecule has 0 unspecified atom stereocenters. The molecule has 0 aliphatic carbocycles. The van der Waals surface area contributed by atoms with Crippen LogP contribution < -0.4 is 5.32 Å². The third-order valence-corrected chi connectivity index (χ3v) is 5.38.